The molecular weight excluding hydrogens is 238 g/mol. The van der Waals surface area contributed by atoms with Gasteiger partial charge in [-0.2, -0.15) is 0 Å². The summed E-state index contributed by atoms with van der Waals surface area (Å²) in [6, 6.07) is -0.974. The van der Waals surface area contributed by atoms with Crippen molar-refractivity contribution in [1.29, 1.82) is 0 Å². The molecule has 0 saturated carbocycles. The molecule has 7 nitrogen and oxygen atoms in total. The summed E-state index contributed by atoms with van der Waals surface area (Å²) in [6.07, 6.45) is -0.130. The minimum absolute atomic E-state index is 0.130. The van der Waals surface area contributed by atoms with Crippen LogP contribution in [0.15, 0.2) is 0 Å². The van der Waals surface area contributed by atoms with E-state index in [0.717, 1.165) is 0 Å². The third-order valence-electron chi connectivity index (χ3n) is 2.30. The molecule has 0 aromatic heterocycles. The quantitative estimate of drug-likeness (QED) is 0.547. The van der Waals surface area contributed by atoms with Gasteiger partial charge in [0.2, 0.25) is 5.91 Å². The zero-order valence-electron chi connectivity index (χ0n) is 11.4. The molecule has 0 rings (SSSR count). The molecule has 0 spiro atoms. The predicted molar refractivity (Wildman–Crippen MR) is 67.4 cm³/mol. The normalized spacial score (nSPS) is 13.8. The van der Waals surface area contributed by atoms with E-state index in [2.05, 4.69) is 16.0 Å². The van der Waals surface area contributed by atoms with Gasteiger partial charge in [0.1, 0.15) is 0 Å². The maximum Gasteiger partial charge on any atom is 0.321 e. The van der Waals surface area contributed by atoms with Crippen LogP contribution in [-0.2, 0) is 14.3 Å². The van der Waals surface area contributed by atoms with Crippen molar-refractivity contribution < 1.29 is 19.1 Å². The first-order chi connectivity index (χ1) is 8.54. The maximum atomic E-state index is 11.6. The number of hydrogen-bond acceptors (Lipinski definition) is 5. The van der Waals surface area contributed by atoms with E-state index in [1.54, 1.807) is 28.1 Å². The van der Waals surface area contributed by atoms with Crippen molar-refractivity contribution in [2.75, 3.05) is 33.9 Å². The van der Waals surface area contributed by atoms with Crippen LogP contribution in [0, 0.1) is 0 Å². The van der Waals surface area contributed by atoms with E-state index < -0.39 is 12.1 Å². The van der Waals surface area contributed by atoms with E-state index >= 15 is 0 Å². The van der Waals surface area contributed by atoms with Crippen molar-refractivity contribution >= 4 is 11.9 Å². The summed E-state index contributed by atoms with van der Waals surface area (Å²) < 4.78 is 10.1. The van der Waals surface area contributed by atoms with Crippen LogP contribution in [0.2, 0.25) is 0 Å². The molecule has 0 aromatic rings. The number of urea groups is 1. The van der Waals surface area contributed by atoms with Gasteiger partial charge < -0.3 is 20.1 Å². The molecule has 0 aliphatic rings. The highest BCUT2D eigenvalue weighted by molar-refractivity contribution is 5.96. The molecule has 3 N–H and O–H groups in total. The van der Waals surface area contributed by atoms with Gasteiger partial charge in [-0.1, -0.05) is 0 Å². The average Bonchev–Trinajstić information content (AvgIpc) is 2.34. The number of rotatable bonds is 8. The lowest BCUT2D eigenvalue weighted by atomic mass is 10.3. The van der Waals surface area contributed by atoms with Gasteiger partial charge in [0, 0.05) is 27.3 Å². The molecule has 3 amide bonds. The van der Waals surface area contributed by atoms with Gasteiger partial charge in [0.15, 0.2) is 0 Å². The minimum atomic E-state index is -0.490. The van der Waals surface area contributed by atoms with E-state index in [9.17, 15) is 9.59 Å². The second-order valence-electron chi connectivity index (χ2n) is 3.79. The highest BCUT2D eigenvalue weighted by Crippen LogP contribution is 1.91. The van der Waals surface area contributed by atoms with Crippen molar-refractivity contribution in [3.8, 4) is 0 Å². The summed E-state index contributed by atoms with van der Waals surface area (Å²) in [5, 5.41) is 7.68. The summed E-state index contributed by atoms with van der Waals surface area (Å²) in [7, 11) is 3.15. The number of imide groups is 1. The Labute approximate surface area is 108 Å². The largest absolute Gasteiger partial charge is 0.382 e. The number of hydrogen-bond donors (Lipinski definition) is 3. The van der Waals surface area contributed by atoms with Gasteiger partial charge in [0.25, 0.3) is 0 Å². The molecule has 0 aliphatic carbocycles. The SMILES string of the molecule is CCNC(=O)NC(=O)C(C)NCC(COC)OC. The molecule has 0 saturated heterocycles. The van der Waals surface area contributed by atoms with E-state index in [4.69, 9.17) is 9.47 Å². The Morgan fingerprint density at radius 1 is 1.28 bits per heavy atom. The van der Waals surface area contributed by atoms with Crippen molar-refractivity contribution in [2.45, 2.75) is 26.0 Å². The fraction of sp³-hybridized carbons (Fsp3) is 0.818. The lowest BCUT2D eigenvalue weighted by Gasteiger charge is -2.18. The van der Waals surface area contributed by atoms with Crippen LogP contribution < -0.4 is 16.0 Å². The summed E-state index contributed by atoms with van der Waals surface area (Å²) >= 11 is 0. The van der Waals surface area contributed by atoms with Crippen molar-refractivity contribution in [1.82, 2.24) is 16.0 Å². The molecule has 0 aliphatic heterocycles. The van der Waals surface area contributed by atoms with Gasteiger partial charge in [-0.25, -0.2) is 4.79 Å². The summed E-state index contributed by atoms with van der Waals surface area (Å²) in [4.78, 5) is 22.7. The third kappa shape index (κ3) is 7.21. The standard InChI is InChI=1S/C11H23N3O4/c1-5-12-11(16)14-10(15)8(2)13-6-9(18-4)7-17-3/h8-9,13H,5-7H2,1-4H3,(H2,12,14,15,16). The molecule has 0 aromatic carbocycles. The molecule has 18 heavy (non-hydrogen) atoms. The highest BCUT2D eigenvalue weighted by Gasteiger charge is 2.16. The molecule has 2 unspecified atom stereocenters. The Balaban J connectivity index is 3.96. The van der Waals surface area contributed by atoms with Crippen molar-refractivity contribution in [3.63, 3.8) is 0 Å². The van der Waals surface area contributed by atoms with E-state index in [1.165, 1.54) is 0 Å². The lowest BCUT2D eigenvalue weighted by molar-refractivity contribution is -0.121. The monoisotopic (exact) mass is 261 g/mol. The molecular formula is C11H23N3O4. The van der Waals surface area contributed by atoms with Crippen molar-refractivity contribution in [3.05, 3.63) is 0 Å². The van der Waals surface area contributed by atoms with Crippen LogP contribution in [0.1, 0.15) is 13.8 Å². The predicted octanol–water partition coefficient (Wildman–Crippen LogP) is -0.528. The molecule has 106 valence electrons. The number of methoxy groups -OCH3 is 2. The number of ether oxygens (including phenoxy) is 2. The molecule has 2 atom stereocenters. The lowest BCUT2D eigenvalue weighted by Crippen LogP contribution is -2.49. The van der Waals surface area contributed by atoms with Crippen LogP contribution >= 0.6 is 0 Å². The van der Waals surface area contributed by atoms with E-state index in [0.29, 0.717) is 19.7 Å². The van der Waals surface area contributed by atoms with Gasteiger partial charge in [-0.05, 0) is 13.8 Å². The van der Waals surface area contributed by atoms with E-state index in [-0.39, 0.29) is 12.0 Å². The zero-order chi connectivity index (χ0) is 14.0. The van der Waals surface area contributed by atoms with Crippen molar-refractivity contribution in [2.24, 2.45) is 0 Å². The number of carbonyl (C=O) groups excluding carboxylic acids is 2. The Morgan fingerprint density at radius 2 is 1.94 bits per heavy atom. The van der Waals surface area contributed by atoms with Gasteiger partial charge in [-0.15, -0.1) is 0 Å². The molecule has 0 heterocycles. The summed E-state index contributed by atoms with van der Waals surface area (Å²) in [6.45, 7) is 4.83. The zero-order valence-corrected chi connectivity index (χ0v) is 11.4. The first-order valence-corrected chi connectivity index (χ1v) is 5.88. The van der Waals surface area contributed by atoms with Crippen LogP contribution in [-0.4, -0.2) is 58.0 Å². The first kappa shape index (κ1) is 16.8. The number of nitrogens with one attached hydrogen (secondary N) is 3. The molecule has 7 heteroatoms. The van der Waals surface area contributed by atoms with Crippen LogP contribution in [0.4, 0.5) is 4.79 Å². The van der Waals surface area contributed by atoms with Crippen LogP contribution in [0.5, 0.6) is 0 Å². The Bertz CT molecular complexity index is 261. The summed E-state index contributed by atoms with van der Waals surface area (Å²) in [5.74, 6) is -0.381. The topological polar surface area (TPSA) is 88.7 Å². The van der Waals surface area contributed by atoms with Crippen LogP contribution in [0.25, 0.3) is 0 Å². The Morgan fingerprint density at radius 3 is 2.44 bits per heavy atom. The van der Waals surface area contributed by atoms with Gasteiger partial charge in [-0.3, -0.25) is 10.1 Å². The smallest absolute Gasteiger partial charge is 0.321 e. The van der Waals surface area contributed by atoms with Gasteiger partial charge >= 0.3 is 6.03 Å². The average molecular weight is 261 g/mol. The number of amides is 3. The second-order valence-corrected chi connectivity index (χ2v) is 3.79. The highest BCUT2D eigenvalue weighted by atomic mass is 16.5. The minimum Gasteiger partial charge on any atom is -0.382 e. The number of carbonyl (C=O) groups is 2. The van der Waals surface area contributed by atoms with Crippen LogP contribution in [0.3, 0.4) is 0 Å². The third-order valence-corrected chi connectivity index (χ3v) is 2.30. The maximum absolute atomic E-state index is 11.6. The molecule has 0 bridgehead atoms. The fourth-order valence-electron chi connectivity index (χ4n) is 1.22. The first-order valence-electron chi connectivity index (χ1n) is 5.88. The molecule has 0 fully saturated rings. The summed E-state index contributed by atoms with van der Waals surface area (Å²) in [5.41, 5.74) is 0. The molecule has 0 radical (unpaired) electrons. The fourth-order valence-corrected chi connectivity index (χ4v) is 1.22. The Hall–Kier alpha value is -1.18. The van der Waals surface area contributed by atoms with E-state index in [1.807, 2.05) is 0 Å². The Kier molecular flexibility index (Phi) is 9.17. The second kappa shape index (κ2) is 9.81. The van der Waals surface area contributed by atoms with Gasteiger partial charge in [0.05, 0.1) is 18.8 Å².